The molecule has 0 atom stereocenters. The molecule has 62 heavy (non-hydrogen) atoms. The Hall–Kier alpha value is -4.28. The van der Waals surface area contributed by atoms with Gasteiger partial charge in [-0.15, -0.1) is 22.7 Å². The number of rotatable bonds is 12. The molecule has 328 valence electrons. The van der Waals surface area contributed by atoms with Gasteiger partial charge in [0, 0.05) is 83.2 Å². The molecular weight excluding hydrogens is 1000 g/mol. The maximum absolute atomic E-state index is 13.0. The third kappa shape index (κ3) is 10.2. The van der Waals surface area contributed by atoms with Crippen LogP contribution in [-0.2, 0) is 20.0 Å². The number of thiazole rings is 2. The van der Waals surface area contributed by atoms with Crippen molar-refractivity contribution in [3.05, 3.63) is 105 Å². The lowest BCUT2D eigenvalue weighted by atomic mass is 10.1. The third-order valence-corrected chi connectivity index (χ3v) is 16.8. The van der Waals surface area contributed by atoms with E-state index >= 15 is 0 Å². The highest BCUT2D eigenvalue weighted by molar-refractivity contribution is 9.10. The minimum Gasteiger partial charge on any atom is -0.497 e. The van der Waals surface area contributed by atoms with Crippen LogP contribution in [0.15, 0.2) is 114 Å². The van der Waals surface area contributed by atoms with Gasteiger partial charge in [-0.3, -0.25) is 0 Å². The number of benzene rings is 4. The van der Waals surface area contributed by atoms with E-state index in [1.165, 1.54) is 19.9 Å². The van der Waals surface area contributed by atoms with E-state index < -0.39 is 20.0 Å². The highest BCUT2D eigenvalue weighted by Gasteiger charge is 2.31. The summed E-state index contributed by atoms with van der Waals surface area (Å²) in [6, 6.07) is 24.9. The average molecular weight is 1050 g/mol. The van der Waals surface area contributed by atoms with E-state index in [1.54, 1.807) is 76.2 Å². The molecule has 2 aliphatic rings. The highest BCUT2D eigenvalue weighted by atomic mass is 79.9. The highest BCUT2D eigenvalue weighted by Crippen LogP contribution is 2.37. The molecule has 0 amide bonds. The number of anilines is 2. The second-order valence-electron chi connectivity index (χ2n) is 13.9. The van der Waals surface area contributed by atoms with E-state index in [-0.39, 0.29) is 0 Å². The number of nitrogens with zero attached hydrogens (tertiary/aromatic N) is 6. The van der Waals surface area contributed by atoms with Crippen LogP contribution < -0.4 is 28.7 Å². The lowest BCUT2D eigenvalue weighted by Crippen LogP contribution is -2.48. The minimum absolute atomic E-state index is 0.303. The Morgan fingerprint density at radius 2 is 1.02 bits per heavy atom. The summed E-state index contributed by atoms with van der Waals surface area (Å²) in [6.45, 7) is 3.99. The van der Waals surface area contributed by atoms with Crippen molar-refractivity contribution in [2.75, 3.05) is 90.6 Å². The van der Waals surface area contributed by atoms with Crippen LogP contribution >= 0.6 is 54.5 Å². The summed E-state index contributed by atoms with van der Waals surface area (Å²) in [5.74, 6) is 2.78. The first kappa shape index (κ1) is 45.7. The normalized spacial score (nSPS) is 15.1. The fourth-order valence-electron chi connectivity index (χ4n) is 6.88. The SMILES string of the molecule is COc1ccc(-c2csc(N3CCN(S(=O)(=O)c4cccc(Br)c4)CC3)n2)cc1OC.COc1ccc(OC)c(-c2csc(N3CCN(S(=O)(=O)c4cccc(Br)c4)CC3)n2)c1. The summed E-state index contributed by atoms with van der Waals surface area (Å²) in [5.41, 5.74) is 3.46. The van der Waals surface area contributed by atoms with E-state index in [0.29, 0.717) is 73.6 Å². The molecule has 0 N–H and O–H groups in total. The third-order valence-electron chi connectivity index (χ3n) is 10.2. The van der Waals surface area contributed by atoms with Crippen LogP contribution in [0.3, 0.4) is 0 Å². The predicted molar refractivity (Wildman–Crippen MR) is 252 cm³/mol. The topological polar surface area (TPSA) is 144 Å². The Labute approximate surface area is 387 Å². The van der Waals surface area contributed by atoms with Gasteiger partial charge in [-0.1, -0.05) is 44.0 Å². The smallest absolute Gasteiger partial charge is 0.243 e. The van der Waals surface area contributed by atoms with Crippen molar-refractivity contribution in [2.24, 2.45) is 0 Å². The first-order valence-corrected chi connectivity index (χ1v) is 25.4. The molecule has 0 radical (unpaired) electrons. The maximum atomic E-state index is 13.0. The summed E-state index contributed by atoms with van der Waals surface area (Å²) in [7, 11) is -0.557. The molecule has 0 spiro atoms. The van der Waals surface area contributed by atoms with Crippen LogP contribution in [0.2, 0.25) is 0 Å². The minimum atomic E-state index is -3.52. The summed E-state index contributed by atoms with van der Waals surface area (Å²) < 4.78 is 77.8. The number of methoxy groups -OCH3 is 4. The molecular formula is C42H44Br2N6O8S4. The molecule has 2 aliphatic heterocycles. The molecule has 20 heteroatoms. The number of piperazine rings is 2. The van der Waals surface area contributed by atoms with Crippen LogP contribution in [0.1, 0.15) is 0 Å². The molecule has 4 aromatic carbocycles. The van der Waals surface area contributed by atoms with Crippen LogP contribution in [0, 0.1) is 0 Å². The molecule has 0 saturated carbocycles. The van der Waals surface area contributed by atoms with Crippen LogP contribution in [0.4, 0.5) is 10.3 Å². The molecule has 2 saturated heterocycles. The fourth-order valence-corrected chi connectivity index (χ4v) is 12.7. The molecule has 0 aliphatic carbocycles. The van der Waals surface area contributed by atoms with Crippen molar-refractivity contribution >= 4 is 84.8 Å². The fraction of sp³-hybridized carbons (Fsp3) is 0.286. The van der Waals surface area contributed by atoms with Crippen molar-refractivity contribution < 1.29 is 35.8 Å². The number of halogens is 2. The quantitative estimate of drug-likeness (QED) is 0.117. The lowest BCUT2D eigenvalue weighted by molar-refractivity contribution is 0.355. The van der Waals surface area contributed by atoms with Crippen molar-refractivity contribution in [3.63, 3.8) is 0 Å². The van der Waals surface area contributed by atoms with Gasteiger partial charge in [-0.2, -0.15) is 8.61 Å². The van der Waals surface area contributed by atoms with Gasteiger partial charge in [-0.25, -0.2) is 26.8 Å². The second-order valence-corrected chi connectivity index (χ2v) is 21.2. The molecule has 2 aromatic heterocycles. The van der Waals surface area contributed by atoms with E-state index in [0.717, 1.165) is 53.2 Å². The summed E-state index contributed by atoms with van der Waals surface area (Å²) in [5, 5.41) is 5.72. The first-order chi connectivity index (χ1) is 29.8. The molecule has 14 nitrogen and oxygen atoms in total. The van der Waals surface area contributed by atoms with Gasteiger partial charge in [0.1, 0.15) is 11.5 Å². The van der Waals surface area contributed by atoms with E-state index in [9.17, 15) is 16.8 Å². The molecule has 0 unspecified atom stereocenters. The standard InChI is InChI=1S/2C21H22BrN3O4S2/c1-28-19-7-6-15(12-20(19)29-2)18-14-30-21(23-18)24-8-10-25(11-9-24)31(26,27)17-5-3-4-16(22)13-17;1-28-16-6-7-20(29-2)18(13-16)19-14-30-21(23-19)24-8-10-25(11-9-24)31(26,27)17-5-3-4-15(22)12-17/h2*3-7,12-14H,8-11H2,1-2H3. The van der Waals surface area contributed by atoms with Crippen molar-refractivity contribution in [1.29, 1.82) is 0 Å². The van der Waals surface area contributed by atoms with Gasteiger partial charge in [0.15, 0.2) is 21.8 Å². The van der Waals surface area contributed by atoms with E-state index in [4.69, 9.17) is 28.9 Å². The number of ether oxygens (including phenoxy) is 4. The van der Waals surface area contributed by atoms with Crippen LogP contribution in [-0.4, -0.2) is 116 Å². The number of sulfonamides is 2. The van der Waals surface area contributed by atoms with Gasteiger partial charge in [0.2, 0.25) is 20.0 Å². The Balaban J connectivity index is 0.000000186. The summed E-state index contributed by atoms with van der Waals surface area (Å²) >= 11 is 9.77. The van der Waals surface area contributed by atoms with Gasteiger partial charge in [0.05, 0.1) is 49.6 Å². The zero-order valence-electron chi connectivity index (χ0n) is 34.2. The monoisotopic (exact) mass is 1050 g/mol. The lowest BCUT2D eigenvalue weighted by Gasteiger charge is -2.33. The molecule has 4 heterocycles. The Morgan fingerprint density at radius 1 is 0.532 bits per heavy atom. The van der Waals surface area contributed by atoms with Crippen LogP contribution in [0.25, 0.3) is 22.5 Å². The van der Waals surface area contributed by atoms with E-state index in [1.807, 2.05) is 59.3 Å². The molecule has 2 fully saturated rings. The Morgan fingerprint density at radius 3 is 1.50 bits per heavy atom. The van der Waals surface area contributed by atoms with Gasteiger partial charge in [-0.05, 0) is 72.8 Å². The van der Waals surface area contributed by atoms with Crippen molar-refractivity contribution in [3.8, 4) is 45.5 Å². The Bertz CT molecular complexity index is 2720. The largest absolute Gasteiger partial charge is 0.497 e. The van der Waals surface area contributed by atoms with Crippen molar-refractivity contribution in [2.45, 2.75) is 9.79 Å². The van der Waals surface area contributed by atoms with Crippen LogP contribution in [0.5, 0.6) is 23.0 Å². The van der Waals surface area contributed by atoms with Gasteiger partial charge in [0.25, 0.3) is 0 Å². The number of aromatic nitrogens is 2. The zero-order valence-corrected chi connectivity index (χ0v) is 40.7. The number of hydrogen-bond donors (Lipinski definition) is 0. The number of hydrogen-bond acceptors (Lipinski definition) is 14. The molecule has 0 bridgehead atoms. The Kier molecular flexibility index (Phi) is 14.8. The predicted octanol–water partition coefficient (Wildman–Crippen LogP) is 8.20. The average Bonchev–Trinajstić information content (AvgIpc) is 4.01. The summed E-state index contributed by atoms with van der Waals surface area (Å²) in [4.78, 5) is 14.4. The molecule has 8 rings (SSSR count). The van der Waals surface area contributed by atoms with Gasteiger partial charge >= 0.3 is 0 Å². The second kappa shape index (κ2) is 20.0. The molecule has 6 aromatic rings. The zero-order chi connectivity index (χ0) is 44.0. The first-order valence-electron chi connectivity index (χ1n) is 19.2. The van der Waals surface area contributed by atoms with Crippen molar-refractivity contribution in [1.82, 2.24) is 18.6 Å². The summed E-state index contributed by atoms with van der Waals surface area (Å²) in [6.07, 6.45) is 0. The van der Waals surface area contributed by atoms with Gasteiger partial charge < -0.3 is 28.7 Å². The van der Waals surface area contributed by atoms with E-state index in [2.05, 4.69) is 41.7 Å². The maximum Gasteiger partial charge on any atom is 0.243 e.